The Labute approximate surface area is 173 Å². The van der Waals surface area contributed by atoms with Crippen LogP contribution < -0.4 is 9.47 Å². The lowest BCUT2D eigenvalue weighted by Gasteiger charge is -2.22. The van der Waals surface area contributed by atoms with Gasteiger partial charge in [-0.25, -0.2) is 5.01 Å². The fourth-order valence-corrected chi connectivity index (χ4v) is 3.33. The minimum atomic E-state index is -1.02. The van der Waals surface area contributed by atoms with E-state index in [1.807, 2.05) is 24.3 Å². The molecule has 0 aromatic heterocycles. The average molecular weight is 417 g/mol. The maximum atomic E-state index is 12.7. The first kappa shape index (κ1) is 20.7. The van der Waals surface area contributed by atoms with Gasteiger partial charge in [0.25, 0.3) is 0 Å². The monoisotopic (exact) mass is 416 g/mol. The van der Waals surface area contributed by atoms with Gasteiger partial charge in [-0.3, -0.25) is 9.59 Å². The molecular weight excluding hydrogens is 396 g/mol. The standard InChI is InChI=1S/C21H21ClN2O5/c1-28-18-8-5-14(11-19(18)29-2)16-12-17(13-3-6-15(22)7-4-13)24(23-16)20(25)9-10-21(26)27/h3-8,11,17H,9-10,12H2,1-2H3,(H,26,27)/t17-/m1/s1. The number of hydrazone groups is 1. The summed E-state index contributed by atoms with van der Waals surface area (Å²) in [5.41, 5.74) is 2.38. The van der Waals surface area contributed by atoms with E-state index in [9.17, 15) is 9.59 Å². The van der Waals surface area contributed by atoms with E-state index in [1.165, 1.54) is 5.01 Å². The number of halogens is 1. The molecule has 0 aliphatic carbocycles. The number of ether oxygens (including phenoxy) is 2. The van der Waals surface area contributed by atoms with Gasteiger partial charge < -0.3 is 14.6 Å². The highest BCUT2D eigenvalue weighted by Gasteiger charge is 2.33. The van der Waals surface area contributed by atoms with Crippen molar-refractivity contribution >= 4 is 29.2 Å². The van der Waals surface area contributed by atoms with Crippen molar-refractivity contribution in [1.29, 1.82) is 0 Å². The van der Waals surface area contributed by atoms with Gasteiger partial charge in [-0.05, 0) is 35.9 Å². The Hall–Kier alpha value is -3.06. The van der Waals surface area contributed by atoms with Crippen LogP contribution in [-0.2, 0) is 9.59 Å². The molecule has 7 nitrogen and oxygen atoms in total. The first-order valence-electron chi connectivity index (χ1n) is 9.02. The van der Waals surface area contributed by atoms with Crippen molar-refractivity contribution < 1.29 is 24.2 Å². The average Bonchev–Trinajstić information content (AvgIpc) is 3.17. The van der Waals surface area contributed by atoms with Crippen molar-refractivity contribution in [2.75, 3.05) is 14.2 Å². The highest BCUT2D eigenvalue weighted by Crippen LogP contribution is 2.36. The van der Waals surface area contributed by atoms with Crippen molar-refractivity contribution in [1.82, 2.24) is 5.01 Å². The number of carbonyl (C=O) groups excluding carboxylic acids is 1. The second kappa shape index (κ2) is 8.96. The zero-order chi connectivity index (χ0) is 21.0. The molecular formula is C21H21ClN2O5. The molecule has 1 aliphatic rings. The first-order valence-corrected chi connectivity index (χ1v) is 9.40. The molecule has 1 atom stereocenters. The summed E-state index contributed by atoms with van der Waals surface area (Å²) in [5, 5.41) is 15.4. The number of methoxy groups -OCH3 is 2. The maximum absolute atomic E-state index is 12.7. The Morgan fingerprint density at radius 2 is 1.79 bits per heavy atom. The molecule has 1 aliphatic heterocycles. The Kier molecular flexibility index (Phi) is 6.39. The molecule has 3 rings (SSSR count). The van der Waals surface area contributed by atoms with Gasteiger partial charge in [-0.15, -0.1) is 0 Å². The molecule has 1 amide bonds. The van der Waals surface area contributed by atoms with Crippen LogP contribution in [0.15, 0.2) is 47.6 Å². The lowest BCUT2D eigenvalue weighted by Crippen LogP contribution is -2.27. The number of carboxylic acid groups (broad SMARTS) is 1. The van der Waals surface area contributed by atoms with E-state index in [1.54, 1.807) is 32.4 Å². The van der Waals surface area contributed by atoms with Gasteiger partial charge in [-0.1, -0.05) is 23.7 Å². The number of rotatable bonds is 7. The second-order valence-electron chi connectivity index (χ2n) is 6.52. The van der Waals surface area contributed by atoms with E-state index in [4.69, 9.17) is 26.2 Å². The van der Waals surface area contributed by atoms with Gasteiger partial charge in [0.15, 0.2) is 11.5 Å². The Morgan fingerprint density at radius 1 is 1.10 bits per heavy atom. The molecule has 0 bridgehead atoms. The van der Waals surface area contributed by atoms with Gasteiger partial charge in [0, 0.05) is 23.4 Å². The molecule has 0 unspecified atom stereocenters. The molecule has 2 aromatic carbocycles. The van der Waals surface area contributed by atoms with Crippen LogP contribution in [0.25, 0.3) is 0 Å². The maximum Gasteiger partial charge on any atom is 0.303 e. The largest absolute Gasteiger partial charge is 0.493 e. The second-order valence-corrected chi connectivity index (χ2v) is 6.96. The van der Waals surface area contributed by atoms with Crippen molar-refractivity contribution in [3.8, 4) is 11.5 Å². The van der Waals surface area contributed by atoms with Crippen LogP contribution in [0.4, 0.5) is 0 Å². The molecule has 2 aromatic rings. The highest BCUT2D eigenvalue weighted by molar-refractivity contribution is 6.30. The number of nitrogens with zero attached hydrogens (tertiary/aromatic N) is 2. The molecule has 0 radical (unpaired) electrons. The first-order chi connectivity index (χ1) is 13.9. The van der Waals surface area contributed by atoms with Crippen molar-refractivity contribution in [3.05, 3.63) is 58.6 Å². The normalized spacial score (nSPS) is 15.8. The zero-order valence-corrected chi connectivity index (χ0v) is 16.8. The van der Waals surface area contributed by atoms with Crippen LogP contribution in [0.1, 0.15) is 36.4 Å². The van der Waals surface area contributed by atoms with E-state index < -0.39 is 5.97 Å². The summed E-state index contributed by atoms with van der Waals surface area (Å²) in [4.78, 5) is 23.6. The minimum absolute atomic E-state index is 0.123. The smallest absolute Gasteiger partial charge is 0.303 e. The number of hydrogen-bond donors (Lipinski definition) is 1. The van der Waals surface area contributed by atoms with Gasteiger partial charge in [0.2, 0.25) is 5.91 Å². The topological polar surface area (TPSA) is 88.4 Å². The Morgan fingerprint density at radius 3 is 2.41 bits per heavy atom. The van der Waals surface area contributed by atoms with Crippen LogP contribution in [0.2, 0.25) is 5.02 Å². The predicted molar refractivity (Wildman–Crippen MR) is 109 cm³/mol. The van der Waals surface area contributed by atoms with Crippen LogP contribution >= 0.6 is 11.6 Å². The van der Waals surface area contributed by atoms with Crippen molar-refractivity contribution in [2.24, 2.45) is 5.10 Å². The van der Waals surface area contributed by atoms with E-state index in [0.29, 0.717) is 28.7 Å². The fourth-order valence-electron chi connectivity index (χ4n) is 3.20. The van der Waals surface area contributed by atoms with Crippen molar-refractivity contribution in [3.63, 3.8) is 0 Å². The summed E-state index contributed by atoms with van der Waals surface area (Å²) in [5.74, 6) is -0.211. The summed E-state index contributed by atoms with van der Waals surface area (Å²) in [6.07, 6.45) is 0.113. The third-order valence-electron chi connectivity index (χ3n) is 4.69. The van der Waals surface area contributed by atoms with E-state index in [0.717, 1.165) is 11.1 Å². The fraction of sp³-hybridized carbons (Fsp3) is 0.286. The van der Waals surface area contributed by atoms with Gasteiger partial charge >= 0.3 is 5.97 Å². The zero-order valence-electron chi connectivity index (χ0n) is 16.1. The predicted octanol–water partition coefficient (Wildman–Crippen LogP) is 3.90. The summed E-state index contributed by atoms with van der Waals surface area (Å²) in [7, 11) is 3.11. The van der Waals surface area contributed by atoms with E-state index in [2.05, 4.69) is 5.10 Å². The lowest BCUT2D eigenvalue weighted by atomic mass is 9.98. The minimum Gasteiger partial charge on any atom is -0.493 e. The molecule has 1 N–H and O–H groups in total. The molecule has 0 saturated heterocycles. The van der Waals surface area contributed by atoms with Crippen LogP contribution in [0, 0.1) is 0 Å². The number of benzene rings is 2. The van der Waals surface area contributed by atoms with E-state index >= 15 is 0 Å². The SMILES string of the molecule is COc1ccc(C2=NN(C(=O)CCC(=O)O)[C@@H](c3ccc(Cl)cc3)C2)cc1OC. The Balaban J connectivity index is 1.94. The lowest BCUT2D eigenvalue weighted by molar-refractivity contribution is -0.141. The molecule has 152 valence electrons. The number of carboxylic acids is 1. The molecule has 1 heterocycles. The third-order valence-corrected chi connectivity index (χ3v) is 4.94. The van der Waals surface area contributed by atoms with Crippen LogP contribution in [0.5, 0.6) is 11.5 Å². The molecule has 0 fully saturated rings. The van der Waals surface area contributed by atoms with Gasteiger partial charge in [0.05, 0.1) is 32.4 Å². The summed E-state index contributed by atoms with van der Waals surface area (Å²) >= 11 is 5.99. The highest BCUT2D eigenvalue weighted by atomic mass is 35.5. The number of carbonyl (C=O) groups is 2. The molecule has 0 spiro atoms. The molecule has 0 saturated carbocycles. The molecule has 8 heteroatoms. The summed E-state index contributed by atoms with van der Waals surface area (Å²) in [6, 6.07) is 12.3. The summed E-state index contributed by atoms with van der Waals surface area (Å²) in [6.45, 7) is 0. The number of amides is 1. The van der Waals surface area contributed by atoms with Crippen LogP contribution in [-0.4, -0.2) is 41.9 Å². The number of hydrogen-bond acceptors (Lipinski definition) is 5. The van der Waals surface area contributed by atoms with E-state index in [-0.39, 0.29) is 24.8 Å². The third kappa shape index (κ3) is 4.68. The summed E-state index contributed by atoms with van der Waals surface area (Å²) < 4.78 is 10.6. The quantitative estimate of drug-likeness (QED) is 0.739. The van der Waals surface area contributed by atoms with Gasteiger partial charge in [0.1, 0.15) is 0 Å². The molecule has 29 heavy (non-hydrogen) atoms. The Bertz CT molecular complexity index is 943. The van der Waals surface area contributed by atoms with Crippen molar-refractivity contribution in [2.45, 2.75) is 25.3 Å². The number of aliphatic carboxylic acids is 1. The van der Waals surface area contributed by atoms with Gasteiger partial charge in [-0.2, -0.15) is 5.10 Å². The van der Waals surface area contributed by atoms with Crippen LogP contribution in [0.3, 0.4) is 0 Å².